The van der Waals surface area contributed by atoms with Gasteiger partial charge in [0, 0.05) is 11.9 Å². The number of carboxylic acid groups (broad SMARTS) is 1. The Morgan fingerprint density at radius 2 is 2.25 bits per heavy atom. The Balaban J connectivity index is 2.22. The summed E-state index contributed by atoms with van der Waals surface area (Å²) in [6, 6.07) is -0.646. The third kappa shape index (κ3) is 1.82. The lowest BCUT2D eigenvalue weighted by Crippen LogP contribution is -2.40. The van der Waals surface area contributed by atoms with Crippen LogP contribution in [0.5, 0.6) is 0 Å². The van der Waals surface area contributed by atoms with Crippen LogP contribution in [0.15, 0.2) is 10.8 Å². The van der Waals surface area contributed by atoms with Crippen LogP contribution < -0.4 is 0 Å². The zero-order chi connectivity index (χ0) is 11.7. The number of hydrogen-bond donors (Lipinski definition) is 1. The molecule has 1 aromatic rings. The fraction of sp³-hybridized carbons (Fsp3) is 0.455. The number of rotatable bonds is 2. The molecule has 2 rings (SSSR count). The van der Waals surface area contributed by atoms with Gasteiger partial charge in [0.05, 0.1) is 5.56 Å². The van der Waals surface area contributed by atoms with E-state index in [0.29, 0.717) is 18.5 Å². The van der Waals surface area contributed by atoms with Crippen molar-refractivity contribution in [1.29, 1.82) is 0 Å². The molecule has 0 saturated carbocycles. The van der Waals surface area contributed by atoms with Gasteiger partial charge in [0.1, 0.15) is 6.04 Å². The van der Waals surface area contributed by atoms with Crippen LogP contribution in [-0.2, 0) is 4.79 Å². The van der Waals surface area contributed by atoms with Crippen LogP contribution in [0.3, 0.4) is 0 Å². The molecule has 1 saturated heterocycles. The Kier molecular flexibility index (Phi) is 2.96. The lowest BCUT2D eigenvalue weighted by Gasteiger charge is -2.21. The number of hydrogen-bond acceptors (Lipinski definition) is 3. The van der Waals surface area contributed by atoms with Gasteiger partial charge in [-0.3, -0.25) is 4.79 Å². The number of aryl methyl sites for hydroxylation is 1. The number of likely N-dealkylation sites (tertiary alicyclic amines) is 1. The van der Waals surface area contributed by atoms with Crippen LogP contribution >= 0.6 is 11.3 Å². The van der Waals surface area contributed by atoms with Crippen molar-refractivity contribution in [3.05, 3.63) is 21.9 Å². The molecule has 1 aromatic heterocycles. The van der Waals surface area contributed by atoms with Gasteiger partial charge in [-0.05, 0) is 30.7 Å². The van der Waals surface area contributed by atoms with Crippen molar-refractivity contribution >= 4 is 23.2 Å². The highest BCUT2D eigenvalue weighted by Crippen LogP contribution is 2.23. The number of amides is 1. The largest absolute Gasteiger partial charge is 0.480 e. The summed E-state index contributed by atoms with van der Waals surface area (Å²) in [5.74, 6) is -1.05. The number of carbonyl (C=O) groups is 2. The maximum Gasteiger partial charge on any atom is 0.326 e. The number of carbonyl (C=O) groups excluding carboxylic acids is 1. The highest BCUT2D eigenvalue weighted by atomic mass is 32.1. The Morgan fingerprint density at radius 3 is 2.81 bits per heavy atom. The molecule has 0 radical (unpaired) electrons. The summed E-state index contributed by atoms with van der Waals surface area (Å²) >= 11 is 1.47. The van der Waals surface area contributed by atoms with Crippen molar-refractivity contribution in [2.24, 2.45) is 0 Å². The minimum absolute atomic E-state index is 0.149. The quantitative estimate of drug-likeness (QED) is 0.855. The predicted octanol–water partition coefficient (Wildman–Crippen LogP) is 1.75. The fourth-order valence-electron chi connectivity index (χ4n) is 2.00. The first-order valence-electron chi connectivity index (χ1n) is 5.18. The van der Waals surface area contributed by atoms with Gasteiger partial charge in [-0.1, -0.05) is 0 Å². The molecule has 16 heavy (non-hydrogen) atoms. The molecule has 86 valence electrons. The molecule has 0 aliphatic carbocycles. The van der Waals surface area contributed by atoms with Crippen LogP contribution in [0.25, 0.3) is 0 Å². The van der Waals surface area contributed by atoms with Crippen LogP contribution in [-0.4, -0.2) is 34.5 Å². The first kappa shape index (κ1) is 11.1. The number of thiophene rings is 1. The lowest BCUT2D eigenvalue weighted by atomic mass is 10.1. The van der Waals surface area contributed by atoms with Crippen molar-refractivity contribution in [1.82, 2.24) is 4.90 Å². The van der Waals surface area contributed by atoms with E-state index in [0.717, 1.165) is 12.0 Å². The molecule has 4 nitrogen and oxygen atoms in total. The Labute approximate surface area is 97.5 Å². The molecule has 1 N–H and O–H groups in total. The van der Waals surface area contributed by atoms with E-state index < -0.39 is 12.0 Å². The molecular formula is C11H13NO3S. The van der Waals surface area contributed by atoms with Crippen LogP contribution in [0.1, 0.15) is 28.8 Å². The number of carboxylic acids is 1. The Morgan fingerprint density at radius 1 is 1.50 bits per heavy atom. The summed E-state index contributed by atoms with van der Waals surface area (Å²) in [5.41, 5.74) is 1.56. The SMILES string of the molecule is Cc1cscc1C(=O)N1CCCC1C(=O)O. The van der Waals surface area contributed by atoms with E-state index in [1.807, 2.05) is 12.3 Å². The zero-order valence-corrected chi connectivity index (χ0v) is 9.79. The summed E-state index contributed by atoms with van der Waals surface area (Å²) in [6.07, 6.45) is 1.33. The third-order valence-corrected chi connectivity index (χ3v) is 3.75. The van der Waals surface area contributed by atoms with Gasteiger partial charge in [0.25, 0.3) is 5.91 Å². The topological polar surface area (TPSA) is 57.6 Å². The van der Waals surface area contributed by atoms with E-state index in [2.05, 4.69) is 0 Å². The minimum Gasteiger partial charge on any atom is -0.480 e. The second-order valence-corrected chi connectivity index (χ2v) is 4.71. The molecule has 1 aliphatic rings. The van der Waals surface area contributed by atoms with E-state index in [9.17, 15) is 9.59 Å². The fourth-order valence-corrected chi connectivity index (χ4v) is 2.82. The molecule has 2 heterocycles. The molecule has 1 aliphatic heterocycles. The van der Waals surface area contributed by atoms with Crippen LogP contribution in [0.2, 0.25) is 0 Å². The third-order valence-electron chi connectivity index (χ3n) is 2.88. The standard InChI is InChI=1S/C11H13NO3S/c1-7-5-16-6-8(7)10(13)12-4-2-3-9(12)11(14)15/h5-6,9H,2-4H2,1H3,(H,14,15). The summed E-state index contributed by atoms with van der Waals surface area (Å²) in [4.78, 5) is 24.6. The van der Waals surface area contributed by atoms with Gasteiger partial charge in [0.15, 0.2) is 0 Å². The average Bonchev–Trinajstić information content (AvgIpc) is 2.84. The van der Waals surface area contributed by atoms with Gasteiger partial charge in [-0.2, -0.15) is 11.3 Å². The molecule has 0 spiro atoms. The average molecular weight is 239 g/mol. The van der Waals surface area contributed by atoms with Crippen LogP contribution in [0.4, 0.5) is 0 Å². The summed E-state index contributed by atoms with van der Waals surface area (Å²) in [7, 11) is 0. The van der Waals surface area contributed by atoms with Crippen LogP contribution in [0, 0.1) is 6.92 Å². The summed E-state index contributed by atoms with van der Waals surface area (Å²) in [5, 5.41) is 12.7. The highest BCUT2D eigenvalue weighted by Gasteiger charge is 2.34. The van der Waals surface area contributed by atoms with Gasteiger partial charge in [-0.25, -0.2) is 4.79 Å². The van der Waals surface area contributed by atoms with Gasteiger partial charge in [-0.15, -0.1) is 0 Å². The van der Waals surface area contributed by atoms with Crippen molar-refractivity contribution in [2.75, 3.05) is 6.54 Å². The molecule has 1 amide bonds. The molecule has 0 bridgehead atoms. The molecular weight excluding hydrogens is 226 g/mol. The number of aliphatic carboxylic acids is 1. The summed E-state index contributed by atoms with van der Waals surface area (Å²) in [6.45, 7) is 2.42. The van der Waals surface area contributed by atoms with Crippen molar-refractivity contribution < 1.29 is 14.7 Å². The molecule has 1 unspecified atom stereocenters. The first-order chi connectivity index (χ1) is 7.61. The molecule has 5 heteroatoms. The predicted molar refractivity (Wildman–Crippen MR) is 60.8 cm³/mol. The Bertz CT molecular complexity index is 427. The lowest BCUT2D eigenvalue weighted by molar-refractivity contribution is -0.141. The summed E-state index contributed by atoms with van der Waals surface area (Å²) < 4.78 is 0. The Hall–Kier alpha value is -1.36. The van der Waals surface area contributed by atoms with Gasteiger partial charge >= 0.3 is 5.97 Å². The zero-order valence-electron chi connectivity index (χ0n) is 8.97. The van der Waals surface area contributed by atoms with E-state index in [4.69, 9.17) is 5.11 Å². The maximum atomic E-state index is 12.1. The van der Waals surface area contributed by atoms with Gasteiger partial charge < -0.3 is 10.0 Å². The molecule has 0 aromatic carbocycles. The van der Waals surface area contributed by atoms with Crippen molar-refractivity contribution in [3.63, 3.8) is 0 Å². The first-order valence-corrected chi connectivity index (χ1v) is 6.12. The van der Waals surface area contributed by atoms with E-state index >= 15 is 0 Å². The van der Waals surface area contributed by atoms with Crippen molar-refractivity contribution in [3.8, 4) is 0 Å². The van der Waals surface area contributed by atoms with E-state index in [1.54, 1.807) is 5.38 Å². The van der Waals surface area contributed by atoms with Crippen molar-refractivity contribution in [2.45, 2.75) is 25.8 Å². The second-order valence-electron chi connectivity index (χ2n) is 3.96. The van der Waals surface area contributed by atoms with E-state index in [-0.39, 0.29) is 5.91 Å². The highest BCUT2D eigenvalue weighted by molar-refractivity contribution is 7.08. The smallest absolute Gasteiger partial charge is 0.326 e. The molecule has 1 fully saturated rings. The maximum absolute atomic E-state index is 12.1. The molecule has 1 atom stereocenters. The normalized spacial score (nSPS) is 20.1. The minimum atomic E-state index is -0.904. The number of nitrogens with zero attached hydrogens (tertiary/aromatic N) is 1. The van der Waals surface area contributed by atoms with E-state index in [1.165, 1.54) is 16.2 Å². The second kappa shape index (κ2) is 4.25. The van der Waals surface area contributed by atoms with Gasteiger partial charge in [0.2, 0.25) is 0 Å². The monoisotopic (exact) mass is 239 g/mol.